The number of methoxy groups -OCH3 is 1. The molecule has 1 aromatic carbocycles. The Morgan fingerprint density at radius 2 is 2.16 bits per heavy atom. The van der Waals surface area contributed by atoms with Gasteiger partial charge in [0.05, 0.1) is 12.8 Å². The highest BCUT2D eigenvalue weighted by Gasteiger charge is 2.39. The molecule has 1 aliphatic heterocycles. The molecule has 1 N–H and O–H groups in total. The number of amides is 1. The van der Waals surface area contributed by atoms with Crippen molar-refractivity contribution in [3.05, 3.63) is 18.2 Å². The maximum absolute atomic E-state index is 12.9. The van der Waals surface area contributed by atoms with E-state index in [1.807, 2.05) is 0 Å². The molecular weight excluding hydrogens is 277 g/mol. The van der Waals surface area contributed by atoms with Crippen molar-refractivity contribution in [2.24, 2.45) is 0 Å². The molecule has 0 bridgehead atoms. The van der Waals surface area contributed by atoms with Gasteiger partial charge in [0.2, 0.25) is 5.91 Å². The van der Waals surface area contributed by atoms with Crippen LogP contribution in [-0.4, -0.2) is 38.3 Å². The zero-order valence-corrected chi connectivity index (χ0v) is 10.9. The highest BCUT2D eigenvalue weighted by atomic mass is 32.3. The molecule has 1 unspecified atom stereocenters. The molecule has 0 spiro atoms. The predicted octanol–water partition coefficient (Wildman–Crippen LogP) is 0.805. The van der Waals surface area contributed by atoms with Gasteiger partial charge in [0, 0.05) is 19.0 Å². The van der Waals surface area contributed by atoms with E-state index in [4.69, 9.17) is 4.74 Å². The summed E-state index contributed by atoms with van der Waals surface area (Å²) in [6.45, 7) is -0.321. The van der Waals surface area contributed by atoms with E-state index in [9.17, 15) is 22.2 Å². The van der Waals surface area contributed by atoms with E-state index >= 15 is 0 Å². The predicted molar refractivity (Wildman–Crippen MR) is 65.4 cm³/mol. The molecule has 6 nitrogen and oxygen atoms in total. The first-order valence-corrected chi connectivity index (χ1v) is 6.88. The summed E-state index contributed by atoms with van der Waals surface area (Å²) in [7, 11) is -3.37. The zero-order valence-electron chi connectivity index (χ0n) is 10.0. The molecule has 1 amide bonds. The molecule has 1 saturated heterocycles. The van der Waals surface area contributed by atoms with Gasteiger partial charge in [-0.3, -0.25) is 4.79 Å². The van der Waals surface area contributed by atoms with Gasteiger partial charge in [-0.2, -0.15) is 8.42 Å². The van der Waals surface area contributed by atoms with E-state index in [-0.39, 0.29) is 18.0 Å². The minimum atomic E-state index is -4.78. The molecule has 0 aliphatic carbocycles. The van der Waals surface area contributed by atoms with E-state index in [2.05, 4.69) is 0 Å². The van der Waals surface area contributed by atoms with Crippen LogP contribution in [0.4, 0.5) is 9.57 Å². The van der Waals surface area contributed by atoms with Crippen molar-refractivity contribution >= 4 is 21.8 Å². The second-order valence-electron chi connectivity index (χ2n) is 4.16. The summed E-state index contributed by atoms with van der Waals surface area (Å²) < 4.78 is 39.5. The Balaban J connectivity index is 2.35. The van der Waals surface area contributed by atoms with Crippen LogP contribution in [0.2, 0.25) is 0 Å². The molecular formula is C11H12FNO5S. The number of benzene rings is 1. The first-order valence-electron chi connectivity index (χ1n) is 5.43. The normalized spacial score (nSPS) is 19.8. The van der Waals surface area contributed by atoms with Gasteiger partial charge in [-0.1, -0.05) is 0 Å². The van der Waals surface area contributed by atoms with Gasteiger partial charge in [0.25, 0.3) is 0 Å². The third kappa shape index (κ3) is 2.62. The summed E-state index contributed by atoms with van der Waals surface area (Å²) in [5.41, 5.74) is 0.107. The number of phenols is 1. The summed E-state index contributed by atoms with van der Waals surface area (Å²) >= 11 is 0. The SMILES string of the molecule is COc1ccc(O)c(N2CC(S(=O)(=O)F)CC2=O)c1. The Kier molecular flexibility index (Phi) is 3.36. The standard InChI is InChI=1S/C11H12FNO5S/c1-18-7-2-3-10(14)9(4-7)13-6-8(5-11(13)15)19(12,16)17/h2-4,8,14H,5-6H2,1H3. The Morgan fingerprint density at radius 3 is 2.68 bits per heavy atom. The van der Waals surface area contributed by atoms with Crippen LogP contribution in [0.5, 0.6) is 11.5 Å². The number of ether oxygens (including phenoxy) is 1. The van der Waals surface area contributed by atoms with Crippen molar-refractivity contribution in [2.75, 3.05) is 18.6 Å². The van der Waals surface area contributed by atoms with Gasteiger partial charge in [-0.25, -0.2) is 0 Å². The minimum Gasteiger partial charge on any atom is -0.506 e. The smallest absolute Gasteiger partial charge is 0.307 e. The lowest BCUT2D eigenvalue weighted by Crippen LogP contribution is -2.27. The van der Waals surface area contributed by atoms with E-state index in [0.717, 1.165) is 4.90 Å². The van der Waals surface area contributed by atoms with E-state index < -0.39 is 27.8 Å². The number of hydrogen-bond donors (Lipinski definition) is 1. The molecule has 104 valence electrons. The number of anilines is 1. The monoisotopic (exact) mass is 289 g/mol. The van der Waals surface area contributed by atoms with Gasteiger partial charge in [0.1, 0.15) is 16.7 Å². The first kappa shape index (κ1) is 13.6. The number of halogens is 1. The first-order chi connectivity index (χ1) is 8.82. The van der Waals surface area contributed by atoms with Crippen LogP contribution < -0.4 is 9.64 Å². The molecule has 8 heteroatoms. The van der Waals surface area contributed by atoms with Crippen molar-refractivity contribution in [3.63, 3.8) is 0 Å². The van der Waals surface area contributed by atoms with Gasteiger partial charge >= 0.3 is 10.2 Å². The molecule has 1 aromatic rings. The number of rotatable bonds is 3. The molecule has 19 heavy (non-hydrogen) atoms. The third-order valence-electron chi connectivity index (χ3n) is 2.96. The fraction of sp³-hybridized carbons (Fsp3) is 0.364. The molecule has 1 atom stereocenters. The summed E-state index contributed by atoms with van der Waals surface area (Å²) in [5.74, 6) is -0.368. The number of carbonyl (C=O) groups is 1. The van der Waals surface area contributed by atoms with Crippen LogP contribution in [0, 0.1) is 0 Å². The largest absolute Gasteiger partial charge is 0.506 e. The van der Waals surface area contributed by atoms with E-state index in [0.29, 0.717) is 5.75 Å². The summed E-state index contributed by atoms with van der Waals surface area (Å²) in [4.78, 5) is 12.8. The van der Waals surface area contributed by atoms with Gasteiger partial charge < -0.3 is 14.7 Å². The maximum Gasteiger partial charge on any atom is 0.307 e. The van der Waals surface area contributed by atoms with Crippen molar-refractivity contribution in [1.82, 2.24) is 0 Å². The molecule has 0 saturated carbocycles. The van der Waals surface area contributed by atoms with Crippen LogP contribution >= 0.6 is 0 Å². The fourth-order valence-corrected chi connectivity index (χ4v) is 2.61. The second-order valence-corrected chi connectivity index (χ2v) is 5.78. The molecule has 1 fully saturated rings. The lowest BCUT2D eigenvalue weighted by molar-refractivity contribution is -0.117. The Hall–Kier alpha value is -1.83. The van der Waals surface area contributed by atoms with Crippen molar-refractivity contribution < 1.29 is 26.9 Å². The zero-order chi connectivity index (χ0) is 14.2. The van der Waals surface area contributed by atoms with Crippen molar-refractivity contribution in [1.29, 1.82) is 0 Å². The quantitative estimate of drug-likeness (QED) is 0.832. The van der Waals surface area contributed by atoms with E-state index in [1.165, 1.54) is 25.3 Å². The van der Waals surface area contributed by atoms with Crippen LogP contribution in [0.1, 0.15) is 6.42 Å². The summed E-state index contributed by atoms with van der Waals surface area (Å²) in [6, 6.07) is 4.20. The number of nitrogens with zero attached hydrogens (tertiary/aromatic N) is 1. The van der Waals surface area contributed by atoms with Crippen LogP contribution in [0.15, 0.2) is 18.2 Å². The highest BCUT2D eigenvalue weighted by Crippen LogP contribution is 2.35. The molecule has 0 radical (unpaired) electrons. The number of hydrogen-bond acceptors (Lipinski definition) is 5. The summed E-state index contributed by atoms with van der Waals surface area (Å²) in [6.07, 6.45) is -0.435. The van der Waals surface area contributed by atoms with Gasteiger partial charge in [-0.15, -0.1) is 3.89 Å². The second kappa shape index (κ2) is 4.69. The van der Waals surface area contributed by atoms with Crippen LogP contribution in [0.3, 0.4) is 0 Å². The highest BCUT2D eigenvalue weighted by molar-refractivity contribution is 7.87. The van der Waals surface area contributed by atoms with Crippen molar-refractivity contribution in [3.8, 4) is 11.5 Å². The minimum absolute atomic E-state index is 0.107. The molecule has 1 heterocycles. The Morgan fingerprint density at radius 1 is 1.47 bits per heavy atom. The fourth-order valence-electron chi connectivity index (χ4n) is 1.94. The average molecular weight is 289 g/mol. The molecule has 2 rings (SSSR count). The number of carbonyl (C=O) groups excluding carboxylic acids is 1. The Bertz CT molecular complexity index is 616. The molecule has 1 aliphatic rings. The Labute approximate surface area is 109 Å². The van der Waals surface area contributed by atoms with E-state index in [1.54, 1.807) is 0 Å². The molecule has 0 aromatic heterocycles. The summed E-state index contributed by atoms with van der Waals surface area (Å²) in [5, 5.41) is 8.31. The lowest BCUT2D eigenvalue weighted by Gasteiger charge is -2.18. The maximum atomic E-state index is 12.9. The van der Waals surface area contributed by atoms with Gasteiger partial charge in [-0.05, 0) is 12.1 Å². The lowest BCUT2D eigenvalue weighted by atomic mass is 10.2. The van der Waals surface area contributed by atoms with Crippen LogP contribution in [-0.2, 0) is 15.0 Å². The van der Waals surface area contributed by atoms with Gasteiger partial charge in [0.15, 0.2) is 0 Å². The van der Waals surface area contributed by atoms with Crippen LogP contribution in [0.25, 0.3) is 0 Å². The number of aromatic hydroxyl groups is 1. The van der Waals surface area contributed by atoms with Crippen molar-refractivity contribution in [2.45, 2.75) is 11.7 Å². The average Bonchev–Trinajstić information content (AvgIpc) is 2.72. The number of phenolic OH excluding ortho intramolecular Hbond substituents is 1. The topological polar surface area (TPSA) is 83.9 Å². The third-order valence-corrected chi connectivity index (χ3v) is 4.07.